The zero-order chi connectivity index (χ0) is 14.7. The predicted molar refractivity (Wildman–Crippen MR) is 79.9 cm³/mol. The highest BCUT2D eigenvalue weighted by atomic mass is 16.5. The molecule has 4 heteroatoms. The van der Waals surface area contributed by atoms with Gasteiger partial charge in [-0.15, -0.1) is 0 Å². The lowest BCUT2D eigenvalue weighted by atomic mass is 10.0. The van der Waals surface area contributed by atoms with Crippen LogP contribution in [0.4, 0.5) is 5.69 Å². The van der Waals surface area contributed by atoms with Gasteiger partial charge in [0.15, 0.2) is 0 Å². The van der Waals surface area contributed by atoms with E-state index in [9.17, 15) is 9.90 Å². The van der Waals surface area contributed by atoms with Gasteiger partial charge in [-0.3, -0.25) is 0 Å². The molecule has 1 heterocycles. The Morgan fingerprint density at radius 1 is 1.05 bits per heavy atom. The number of phenolic OH excluding ortho intramolecular Hbond substituents is 1. The molecule has 1 aliphatic heterocycles. The number of ether oxygens (including phenoxy) is 1. The fourth-order valence-electron chi connectivity index (χ4n) is 2.34. The third-order valence-corrected chi connectivity index (χ3v) is 3.38. The minimum absolute atomic E-state index is 0.159. The molecule has 0 radical (unpaired) electrons. The standard InChI is InChI=1S/C17H15NO3/c19-14-9-5-4-8-13(14)18-17(12-6-2-1-3-7-12)15-10-11-16(20)21-15/h1-11,15,17-19H/t15-,17+/m1/s1. The number of esters is 1. The molecule has 2 atom stereocenters. The topological polar surface area (TPSA) is 58.6 Å². The molecule has 21 heavy (non-hydrogen) atoms. The second-order valence-electron chi connectivity index (χ2n) is 4.81. The second-order valence-corrected chi connectivity index (χ2v) is 4.81. The molecule has 2 aromatic rings. The summed E-state index contributed by atoms with van der Waals surface area (Å²) in [5, 5.41) is 13.2. The minimum atomic E-state index is -0.403. The number of carbonyl (C=O) groups is 1. The number of anilines is 1. The molecule has 1 aliphatic rings. The average Bonchev–Trinajstić information content (AvgIpc) is 2.93. The molecule has 0 amide bonds. The third-order valence-electron chi connectivity index (χ3n) is 3.38. The smallest absolute Gasteiger partial charge is 0.331 e. The van der Waals surface area contributed by atoms with Crippen LogP contribution in [0.3, 0.4) is 0 Å². The summed E-state index contributed by atoms with van der Waals surface area (Å²) in [4.78, 5) is 11.3. The van der Waals surface area contributed by atoms with Crippen molar-refractivity contribution in [2.24, 2.45) is 0 Å². The third kappa shape index (κ3) is 2.89. The lowest BCUT2D eigenvalue weighted by Crippen LogP contribution is -2.25. The minimum Gasteiger partial charge on any atom is -0.506 e. The highest BCUT2D eigenvalue weighted by molar-refractivity contribution is 5.84. The Bertz CT molecular complexity index is 667. The van der Waals surface area contributed by atoms with Crippen LogP contribution in [0.2, 0.25) is 0 Å². The predicted octanol–water partition coefficient (Wildman–Crippen LogP) is 3.03. The highest BCUT2D eigenvalue weighted by Crippen LogP contribution is 2.31. The molecule has 0 bridgehead atoms. The summed E-state index contributed by atoms with van der Waals surface area (Å²) in [5.74, 6) is -0.188. The lowest BCUT2D eigenvalue weighted by Gasteiger charge is -2.25. The molecule has 0 saturated carbocycles. The van der Waals surface area contributed by atoms with E-state index in [0.29, 0.717) is 5.69 Å². The van der Waals surface area contributed by atoms with Crippen LogP contribution < -0.4 is 5.32 Å². The summed E-state index contributed by atoms with van der Waals surface area (Å²) in [6.07, 6.45) is 2.75. The Kier molecular flexibility index (Phi) is 3.60. The Labute approximate surface area is 122 Å². The van der Waals surface area contributed by atoms with Gasteiger partial charge in [0.1, 0.15) is 11.9 Å². The quantitative estimate of drug-likeness (QED) is 0.668. The van der Waals surface area contributed by atoms with Gasteiger partial charge in [0.2, 0.25) is 0 Å². The van der Waals surface area contributed by atoms with Crippen molar-refractivity contribution in [2.75, 3.05) is 5.32 Å². The molecule has 0 aromatic heterocycles. The van der Waals surface area contributed by atoms with Gasteiger partial charge >= 0.3 is 5.97 Å². The van der Waals surface area contributed by atoms with E-state index >= 15 is 0 Å². The van der Waals surface area contributed by atoms with Crippen LogP contribution >= 0.6 is 0 Å². The van der Waals surface area contributed by atoms with Crippen LogP contribution in [0.5, 0.6) is 5.75 Å². The van der Waals surface area contributed by atoms with Crippen molar-refractivity contribution < 1.29 is 14.6 Å². The largest absolute Gasteiger partial charge is 0.506 e. The van der Waals surface area contributed by atoms with Crippen LogP contribution in [-0.2, 0) is 9.53 Å². The van der Waals surface area contributed by atoms with Gasteiger partial charge in [-0.1, -0.05) is 42.5 Å². The summed E-state index contributed by atoms with van der Waals surface area (Å²) in [7, 11) is 0. The van der Waals surface area contributed by atoms with Crippen LogP contribution in [0.25, 0.3) is 0 Å². The van der Waals surface area contributed by atoms with Crippen LogP contribution in [0, 0.1) is 0 Å². The van der Waals surface area contributed by atoms with E-state index in [-0.39, 0.29) is 17.8 Å². The molecule has 3 rings (SSSR count). The van der Waals surface area contributed by atoms with Gasteiger partial charge in [-0.25, -0.2) is 4.79 Å². The SMILES string of the molecule is O=C1C=C[C@H]([C@@H](Nc2ccccc2O)c2ccccc2)O1. The molecular formula is C17H15NO3. The van der Waals surface area contributed by atoms with Crippen molar-refractivity contribution in [3.05, 3.63) is 72.3 Å². The zero-order valence-electron chi connectivity index (χ0n) is 11.3. The Hall–Kier alpha value is -2.75. The van der Waals surface area contributed by atoms with Crippen molar-refractivity contribution in [3.8, 4) is 5.75 Å². The first-order chi connectivity index (χ1) is 10.2. The van der Waals surface area contributed by atoms with Crippen LogP contribution in [0.1, 0.15) is 11.6 Å². The summed E-state index contributed by atoms with van der Waals surface area (Å²) in [6.45, 7) is 0. The number of rotatable bonds is 4. The first-order valence-corrected chi connectivity index (χ1v) is 6.72. The van der Waals surface area contributed by atoms with Crippen molar-refractivity contribution in [2.45, 2.75) is 12.1 Å². The number of carbonyl (C=O) groups excluding carboxylic acids is 1. The van der Waals surface area contributed by atoms with Crippen molar-refractivity contribution in [3.63, 3.8) is 0 Å². The number of cyclic esters (lactones) is 1. The van der Waals surface area contributed by atoms with Crippen LogP contribution in [0.15, 0.2) is 66.7 Å². The number of benzene rings is 2. The maximum atomic E-state index is 11.3. The maximum absolute atomic E-state index is 11.3. The molecule has 106 valence electrons. The Morgan fingerprint density at radius 3 is 2.43 bits per heavy atom. The molecule has 0 saturated heterocycles. The molecule has 0 spiro atoms. The van der Waals surface area contributed by atoms with Crippen molar-refractivity contribution in [1.29, 1.82) is 0 Å². The fourth-order valence-corrected chi connectivity index (χ4v) is 2.34. The Morgan fingerprint density at radius 2 is 1.76 bits per heavy atom. The number of nitrogens with one attached hydrogen (secondary N) is 1. The maximum Gasteiger partial charge on any atom is 0.331 e. The summed E-state index contributed by atoms with van der Waals surface area (Å²) < 4.78 is 5.30. The second kappa shape index (κ2) is 5.71. The number of para-hydroxylation sites is 2. The van der Waals surface area contributed by atoms with Gasteiger partial charge in [-0.2, -0.15) is 0 Å². The van der Waals surface area contributed by atoms with E-state index in [1.54, 1.807) is 24.3 Å². The molecule has 0 aliphatic carbocycles. The summed E-state index contributed by atoms with van der Waals surface area (Å²) in [6, 6.07) is 16.4. The number of aromatic hydroxyl groups is 1. The highest BCUT2D eigenvalue weighted by Gasteiger charge is 2.28. The van der Waals surface area contributed by atoms with E-state index in [2.05, 4.69) is 5.32 Å². The first-order valence-electron chi connectivity index (χ1n) is 6.72. The molecule has 0 unspecified atom stereocenters. The number of hydrogen-bond acceptors (Lipinski definition) is 4. The molecule has 2 aromatic carbocycles. The van der Waals surface area contributed by atoms with Crippen molar-refractivity contribution in [1.82, 2.24) is 0 Å². The summed E-state index contributed by atoms with van der Waals surface area (Å²) in [5.41, 5.74) is 1.58. The fraction of sp³-hybridized carbons (Fsp3) is 0.118. The van der Waals surface area contributed by atoms with Gasteiger partial charge < -0.3 is 15.2 Å². The van der Waals surface area contributed by atoms with E-state index in [4.69, 9.17) is 4.74 Å². The molecule has 2 N–H and O–H groups in total. The van der Waals surface area contributed by atoms with Gasteiger partial charge in [0, 0.05) is 6.08 Å². The van der Waals surface area contributed by atoms with Gasteiger partial charge in [-0.05, 0) is 23.8 Å². The van der Waals surface area contributed by atoms with Crippen molar-refractivity contribution >= 4 is 11.7 Å². The molecular weight excluding hydrogens is 266 g/mol. The normalized spacial score (nSPS) is 18.3. The monoisotopic (exact) mass is 281 g/mol. The first kappa shape index (κ1) is 13.2. The van der Waals surface area contributed by atoms with E-state index in [1.807, 2.05) is 36.4 Å². The zero-order valence-corrected chi connectivity index (χ0v) is 11.3. The van der Waals surface area contributed by atoms with Crippen LogP contribution in [-0.4, -0.2) is 17.2 Å². The van der Waals surface area contributed by atoms with Gasteiger partial charge in [0.25, 0.3) is 0 Å². The van der Waals surface area contributed by atoms with E-state index < -0.39 is 6.10 Å². The lowest BCUT2D eigenvalue weighted by molar-refractivity contribution is -0.139. The molecule has 4 nitrogen and oxygen atoms in total. The van der Waals surface area contributed by atoms with E-state index in [0.717, 1.165) is 5.56 Å². The number of phenols is 1. The average molecular weight is 281 g/mol. The Balaban J connectivity index is 1.91. The number of hydrogen-bond donors (Lipinski definition) is 2. The molecule has 0 fully saturated rings. The van der Waals surface area contributed by atoms with E-state index in [1.165, 1.54) is 6.08 Å². The van der Waals surface area contributed by atoms with Gasteiger partial charge in [0.05, 0.1) is 11.7 Å². The summed E-state index contributed by atoms with van der Waals surface area (Å²) >= 11 is 0.